The van der Waals surface area contributed by atoms with E-state index in [-0.39, 0.29) is 11.7 Å². The zero-order chi connectivity index (χ0) is 20.8. The first-order valence-electron chi connectivity index (χ1n) is 9.96. The molecular weight excluding hydrogens is 371 g/mol. The number of amides is 1. The lowest BCUT2D eigenvalue weighted by Crippen LogP contribution is -2.36. The Kier molecular flexibility index (Phi) is 6.95. The zero-order valence-electron chi connectivity index (χ0n) is 17.1. The Morgan fingerprint density at radius 2 is 2.03 bits per heavy atom. The SMILES string of the molecule is CC.Cc1[nH]cnc1/C=C1\C(=O)Nc2ccc(F)c(C=CCN3CCOCC3)c21. The number of hydrogen-bond acceptors (Lipinski definition) is 4. The number of nitrogens with one attached hydrogen (secondary N) is 2. The molecule has 6 nitrogen and oxygen atoms in total. The summed E-state index contributed by atoms with van der Waals surface area (Å²) < 4.78 is 19.9. The van der Waals surface area contributed by atoms with Crippen LogP contribution in [0.4, 0.5) is 10.1 Å². The van der Waals surface area contributed by atoms with Crippen molar-refractivity contribution in [2.75, 3.05) is 38.2 Å². The van der Waals surface area contributed by atoms with E-state index in [1.165, 1.54) is 6.07 Å². The average Bonchev–Trinajstić information content (AvgIpc) is 3.29. The lowest BCUT2D eigenvalue weighted by Gasteiger charge is -2.25. The third-order valence-electron chi connectivity index (χ3n) is 4.86. The summed E-state index contributed by atoms with van der Waals surface area (Å²) in [7, 11) is 0. The van der Waals surface area contributed by atoms with Gasteiger partial charge in [-0.15, -0.1) is 0 Å². The number of fused-ring (bicyclic) bond motifs is 1. The fourth-order valence-corrected chi connectivity index (χ4v) is 3.35. The molecule has 7 heteroatoms. The Bertz CT molecular complexity index is 927. The number of aromatic nitrogens is 2. The van der Waals surface area contributed by atoms with Gasteiger partial charge in [0.05, 0.1) is 30.8 Å². The maximum absolute atomic E-state index is 14.6. The molecule has 0 atom stereocenters. The van der Waals surface area contributed by atoms with Crippen molar-refractivity contribution in [2.45, 2.75) is 20.8 Å². The Labute approximate surface area is 170 Å². The lowest BCUT2D eigenvalue weighted by atomic mass is 9.98. The van der Waals surface area contributed by atoms with Crippen molar-refractivity contribution in [1.82, 2.24) is 14.9 Å². The van der Waals surface area contributed by atoms with E-state index < -0.39 is 0 Å². The molecule has 2 aromatic rings. The number of carbonyl (C=O) groups excluding carboxylic acids is 1. The predicted octanol–water partition coefficient (Wildman–Crippen LogP) is 3.72. The summed E-state index contributed by atoms with van der Waals surface area (Å²) in [6.45, 7) is 9.76. The van der Waals surface area contributed by atoms with E-state index in [0.29, 0.717) is 34.6 Å². The molecule has 0 bridgehead atoms. The number of aryl methyl sites for hydroxylation is 1. The number of ether oxygens (including phenoxy) is 1. The Hall–Kier alpha value is -2.77. The number of morpholine rings is 1. The summed E-state index contributed by atoms with van der Waals surface area (Å²) in [5, 5.41) is 2.81. The fourth-order valence-electron chi connectivity index (χ4n) is 3.35. The van der Waals surface area contributed by atoms with Crippen LogP contribution < -0.4 is 5.32 Å². The van der Waals surface area contributed by atoms with Gasteiger partial charge in [-0.3, -0.25) is 9.69 Å². The average molecular weight is 398 g/mol. The van der Waals surface area contributed by atoms with Gasteiger partial charge in [-0.2, -0.15) is 0 Å². The molecule has 1 saturated heterocycles. The van der Waals surface area contributed by atoms with Gasteiger partial charge in [0.2, 0.25) is 0 Å². The van der Waals surface area contributed by atoms with Crippen molar-refractivity contribution in [3.8, 4) is 0 Å². The summed E-state index contributed by atoms with van der Waals surface area (Å²) in [5.41, 5.74) is 3.56. The standard InChI is InChI=1S/C20H21FN4O2.C2H6/c1-13-18(23-12-22-13)11-15-19-14(3-2-6-25-7-9-27-10-8-25)16(21)4-5-17(19)24-20(15)26;1-2/h2-5,11-12H,6-10H2,1H3,(H,22,23)(H,24,26);1-2H3/b3-2?,15-11-;. The number of imidazole rings is 1. The van der Waals surface area contributed by atoms with Gasteiger partial charge < -0.3 is 15.0 Å². The minimum Gasteiger partial charge on any atom is -0.379 e. The van der Waals surface area contributed by atoms with Crippen molar-refractivity contribution in [2.24, 2.45) is 0 Å². The van der Waals surface area contributed by atoms with E-state index in [1.54, 1.807) is 24.5 Å². The molecule has 29 heavy (non-hydrogen) atoms. The lowest BCUT2D eigenvalue weighted by molar-refractivity contribution is -0.110. The van der Waals surface area contributed by atoms with Crippen molar-refractivity contribution in [3.05, 3.63) is 52.9 Å². The van der Waals surface area contributed by atoms with Gasteiger partial charge in [0.15, 0.2) is 0 Å². The molecule has 1 aromatic carbocycles. The van der Waals surface area contributed by atoms with Gasteiger partial charge in [-0.25, -0.2) is 9.37 Å². The molecule has 1 aromatic heterocycles. The second-order valence-electron chi connectivity index (χ2n) is 6.62. The molecule has 1 amide bonds. The van der Waals surface area contributed by atoms with Crippen LogP contribution in [0.3, 0.4) is 0 Å². The first-order valence-corrected chi connectivity index (χ1v) is 9.96. The van der Waals surface area contributed by atoms with Gasteiger partial charge in [0, 0.05) is 42.1 Å². The number of nitrogens with zero attached hydrogens (tertiary/aromatic N) is 2. The number of halogens is 1. The van der Waals surface area contributed by atoms with Gasteiger partial charge in [0.25, 0.3) is 5.91 Å². The summed E-state index contributed by atoms with van der Waals surface area (Å²) in [6.07, 6.45) is 6.97. The number of benzene rings is 1. The maximum atomic E-state index is 14.6. The van der Waals surface area contributed by atoms with Crippen LogP contribution in [-0.4, -0.2) is 53.6 Å². The van der Waals surface area contributed by atoms with E-state index in [9.17, 15) is 9.18 Å². The van der Waals surface area contributed by atoms with Gasteiger partial charge in [-0.05, 0) is 25.1 Å². The molecule has 0 saturated carbocycles. The van der Waals surface area contributed by atoms with Crippen LogP contribution in [0.2, 0.25) is 0 Å². The van der Waals surface area contributed by atoms with Gasteiger partial charge in [-0.1, -0.05) is 26.0 Å². The highest BCUT2D eigenvalue weighted by Gasteiger charge is 2.28. The first-order chi connectivity index (χ1) is 14.1. The van der Waals surface area contributed by atoms with Crippen LogP contribution >= 0.6 is 0 Å². The minimum absolute atomic E-state index is 0.249. The van der Waals surface area contributed by atoms with E-state index in [4.69, 9.17) is 4.74 Å². The molecule has 1 fully saturated rings. The van der Waals surface area contributed by atoms with Crippen LogP contribution in [0.1, 0.15) is 36.4 Å². The molecule has 2 N–H and O–H groups in total. The molecule has 0 radical (unpaired) electrons. The Morgan fingerprint density at radius 1 is 1.28 bits per heavy atom. The fraction of sp³-hybridized carbons (Fsp3) is 0.364. The zero-order valence-corrected chi connectivity index (χ0v) is 17.1. The Morgan fingerprint density at radius 3 is 2.72 bits per heavy atom. The smallest absolute Gasteiger partial charge is 0.256 e. The first kappa shape index (κ1) is 21.0. The van der Waals surface area contributed by atoms with Crippen molar-refractivity contribution in [1.29, 1.82) is 0 Å². The second kappa shape index (κ2) is 9.62. The molecule has 2 aliphatic rings. The molecular formula is C22H27FN4O2. The van der Waals surface area contributed by atoms with Gasteiger partial charge in [0.1, 0.15) is 5.82 Å². The molecule has 154 valence electrons. The largest absolute Gasteiger partial charge is 0.379 e. The normalized spacial score (nSPS) is 17.9. The number of hydrogen-bond donors (Lipinski definition) is 2. The number of anilines is 1. The highest BCUT2D eigenvalue weighted by molar-refractivity contribution is 6.35. The molecule has 4 rings (SSSR count). The van der Waals surface area contributed by atoms with E-state index in [0.717, 1.165) is 32.0 Å². The van der Waals surface area contributed by atoms with Crippen molar-refractivity contribution < 1.29 is 13.9 Å². The number of rotatable bonds is 4. The van der Waals surface area contributed by atoms with Crippen LogP contribution in [0.15, 0.2) is 24.5 Å². The molecule has 0 unspecified atom stereocenters. The van der Waals surface area contributed by atoms with Crippen LogP contribution in [-0.2, 0) is 9.53 Å². The topological polar surface area (TPSA) is 70.2 Å². The van der Waals surface area contributed by atoms with Crippen LogP contribution in [0, 0.1) is 12.7 Å². The molecule has 2 aliphatic heterocycles. The Balaban J connectivity index is 0.00000117. The van der Waals surface area contributed by atoms with Crippen LogP contribution in [0.5, 0.6) is 0 Å². The number of carbonyl (C=O) groups is 1. The summed E-state index contributed by atoms with van der Waals surface area (Å²) in [6, 6.07) is 2.98. The second-order valence-corrected chi connectivity index (χ2v) is 6.62. The number of H-pyrrole nitrogens is 1. The van der Waals surface area contributed by atoms with Gasteiger partial charge >= 0.3 is 0 Å². The molecule has 3 heterocycles. The maximum Gasteiger partial charge on any atom is 0.256 e. The van der Waals surface area contributed by atoms with Crippen molar-refractivity contribution >= 4 is 29.3 Å². The quantitative estimate of drug-likeness (QED) is 0.770. The van der Waals surface area contributed by atoms with Crippen molar-refractivity contribution in [3.63, 3.8) is 0 Å². The van der Waals surface area contributed by atoms with E-state index in [2.05, 4.69) is 20.2 Å². The summed E-state index contributed by atoms with van der Waals surface area (Å²) >= 11 is 0. The van der Waals surface area contributed by atoms with Crippen LogP contribution in [0.25, 0.3) is 17.7 Å². The van der Waals surface area contributed by atoms with E-state index in [1.807, 2.05) is 26.8 Å². The molecule has 0 aliphatic carbocycles. The molecule has 0 spiro atoms. The third kappa shape index (κ3) is 4.63. The third-order valence-corrected chi connectivity index (χ3v) is 4.86. The predicted molar refractivity (Wildman–Crippen MR) is 114 cm³/mol. The number of aromatic amines is 1. The minimum atomic E-state index is -0.354. The van der Waals surface area contributed by atoms with E-state index >= 15 is 0 Å². The highest BCUT2D eigenvalue weighted by Crippen LogP contribution is 2.37. The summed E-state index contributed by atoms with van der Waals surface area (Å²) in [5.74, 6) is -0.603. The highest BCUT2D eigenvalue weighted by atomic mass is 19.1. The monoisotopic (exact) mass is 398 g/mol. The summed E-state index contributed by atoms with van der Waals surface area (Å²) in [4.78, 5) is 21.9.